The number of hydrogen-bond acceptors (Lipinski definition) is 6. The maximum atomic E-state index is 13.8. The van der Waals surface area contributed by atoms with Crippen molar-refractivity contribution < 1.29 is 27.5 Å². The van der Waals surface area contributed by atoms with Crippen molar-refractivity contribution in [1.29, 1.82) is 0 Å². The molecule has 0 spiro atoms. The highest BCUT2D eigenvalue weighted by atomic mass is 35.5. The van der Waals surface area contributed by atoms with E-state index in [1.165, 1.54) is 11.8 Å². The molecular weight excluding hydrogens is 565 g/mol. The Morgan fingerprint density at radius 1 is 1.03 bits per heavy atom. The van der Waals surface area contributed by atoms with Gasteiger partial charge in [-0.3, -0.25) is 13.9 Å². The lowest BCUT2D eigenvalue weighted by atomic mass is 10.1. The van der Waals surface area contributed by atoms with E-state index in [-0.39, 0.29) is 29.9 Å². The van der Waals surface area contributed by atoms with Gasteiger partial charge in [-0.2, -0.15) is 0 Å². The van der Waals surface area contributed by atoms with Gasteiger partial charge in [0.25, 0.3) is 0 Å². The minimum atomic E-state index is -3.87. The topological polar surface area (TPSA) is 105 Å². The fourth-order valence-corrected chi connectivity index (χ4v) is 6.09. The molecule has 0 radical (unpaired) electrons. The van der Waals surface area contributed by atoms with Crippen molar-refractivity contribution in [2.75, 3.05) is 29.8 Å². The van der Waals surface area contributed by atoms with Crippen molar-refractivity contribution in [2.24, 2.45) is 0 Å². The summed E-state index contributed by atoms with van der Waals surface area (Å²) in [5.41, 5.74) is 0.925. The molecule has 1 saturated carbocycles. The number of carbonyl (C=O) groups is 2. The molecule has 12 heteroatoms. The van der Waals surface area contributed by atoms with Gasteiger partial charge in [-0.15, -0.1) is 0 Å². The van der Waals surface area contributed by atoms with Crippen molar-refractivity contribution in [3.63, 3.8) is 0 Å². The number of carbonyl (C=O) groups excluding carboxylic acids is 2. The Balaban J connectivity index is 1.63. The maximum Gasteiger partial charge on any atom is 0.244 e. The van der Waals surface area contributed by atoms with Crippen LogP contribution in [0.1, 0.15) is 45.1 Å². The van der Waals surface area contributed by atoms with E-state index in [4.69, 9.17) is 32.7 Å². The highest BCUT2D eigenvalue weighted by molar-refractivity contribution is 7.92. The summed E-state index contributed by atoms with van der Waals surface area (Å²) in [5.74, 6) is -0.149. The number of amides is 2. The highest BCUT2D eigenvalue weighted by Gasteiger charge is 2.32. The fourth-order valence-electron chi connectivity index (χ4n) is 4.72. The van der Waals surface area contributed by atoms with E-state index < -0.39 is 28.5 Å². The number of nitrogens with zero attached hydrogens (tertiary/aromatic N) is 2. The molecule has 1 fully saturated rings. The number of anilines is 1. The van der Waals surface area contributed by atoms with Crippen molar-refractivity contribution in [3.8, 4) is 11.5 Å². The minimum Gasteiger partial charge on any atom is -0.486 e. The molecule has 2 aromatic rings. The predicted octanol–water partition coefficient (Wildman–Crippen LogP) is 4.40. The average molecular weight is 599 g/mol. The first-order valence-corrected chi connectivity index (χ1v) is 15.4. The molecule has 2 aromatic carbocycles. The van der Waals surface area contributed by atoms with Gasteiger partial charge in [0.15, 0.2) is 11.5 Å². The zero-order valence-electron chi connectivity index (χ0n) is 22.0. The Morgan fingerprint density at radius 2 is 1.72 bits per heavy atom. The molecule has 1 unspecified atom stereocenters. The molecule has 0 saturated heterocycles. The van der Waals surface area contributed by atoms with Gasteiger partial charge < -0.3 is 19.7 Å². The summed E-state index contributed by atoms with van der Waals surface area (Å²) in [6, 6.07) is 8.92. The third-order valence-corrected chi connectivity index (χ3v) is 9.48. The highest BCUT2D eigenvalue weighted by Crippen LogP contribution is 2.35. The van der Waals surface area contributed by atoms with Crippen LogP contribution < -0.4 is 19.1 Å². The normalized spacial score (nSPS) is 16.0. The summed E-state index contributed by atoms with van der Waals surface area (Å²) < 4.78 is 38.6. The summed E-state index contributed by atoms with van der Waals surface area (Å²) in [4.78, 5) is 28.4. The van der Waals surface area contributed by atoms with Crippen molar-refractivity contribution in [2.45, 2.75) is 58.2 Å². The summed E-state index contributed by atoms with van der Waals surface area (Å²) >= 11 is 12.3. The lowest BCUT2D eigenvalue weighted by molar-refractivity contribution is -0.139. The lowest BCUT2D eigenvalue weighted by Crippen LogP contribution is -2.52. The second kappa shape index (κ2) is 12.7. The van der Waals surface area contributed by atoms with E-state index in [0.29, 0.717) is 40.3 Å². The number of ether oxygens (including phenoxy) is 2. The molecule has 9 nitrogen and oxygen atoms in total. The number of nitrogens with one attached hydrogen (secondary N) is 1. The van der Waals surface area contributed by atoms with Crippen LogP contribution in [-0.4, -0.2) is 62.7 Å². The molecule has 1 aliphatic heterocycles. The molecule has 0 bridgehead atoms. The third-order valence-electron chi connectivity index (χ3n) is 7.00. The Hall–Kier alpha value is -2.69. The zero-order valence-corrected chi connectivity index (χ0v) is 24.3. The van der Waals surface area contributed by atoms with Crippen molar-refractivity contribution >= 4 is 50.7 Å². The van der Waals surface area contributed by atoms with E-state index in [1.807, 2.05) is 0 Å². The van der Waals surface area contributed by atoms with Gasteiger partial charge in [0.2, 0.25) is 21.8 Å². The van der Waals surface area contributed by atoms with Crippen LogP contribution in [0, 0.1) is 0 Å². The number of hydrogen-bond donors (Lipinski definition) is 1. The zero-order chi connectivity index (χ0) is 28.2. The van der Waals surface area contributed by atoms with E-state index in [0.717, 1.165) is 30.0 Å². The number of fused-ring (bicyclic) bond motifs is 1. The second-order valence-electron chi connectivity index (χ2n) is 9.67. The number of rotatable bonds is 10. The fraction of sp³-hybridized carbons (Fsp3) is 0.481. The van der Waals surface area contributed by atoms with Gasteiger partial charge >= 0.3 is 0 Å². The van der Waals surface area contributed by atoms with Crippen LogP contribution >= 0.6 is 23.2 Å². The number of sulfonamides is 1. The average Bonchev–Trinajstić information content (AvgIpc) is 3.44. The quantitative estimate of drug-likeness (QED) is 0.435. The SMILES string of the molecule is CCS(=O)(=O)N(CC(=O)N(Cc1ccc(Cl)c(Cl)c1)C(C)C(=O)NC1CCCC1)c1ccc2c(c1)OCCO2. The Labute approximate surface area is 239 Å². The minimum absolute atomic E-state index is 0.0378. The number of benzene rings is 2. The van der Waals surface area contributed by atoms with Crippen LogP contribution in [0.25, 0.3) is 0 Å². The summed E-state index contributed by atoms with van der Waals surface area (Å²) in [5, 5.41) is 3.72. The van der Waals surface area contributed by atoms with Gasteiger partial charge in [0.05, 0.1) is 21.5 Å². The first kappa shape index (κ1) is 29.3. The first-order chi connectivity index (χ1) is 18.6. The molecule has 2 aliphatic rings. The molecule has 1 heterocycles. The monoisotopic (exact) mass is 597 g/mol. The van der Waals surface area contributed by atoms with Gasteiger partial charge in [0.1, 0.15) is 25.8 Å². The molecule has 0 aromatic heterocycles. The Bertz CT molecular complexity index is 1320. The van der Waals surface area contributed by atoms with Crippen LogP contribution in [0.2, 0.25) is 10.0 Å². The molecule has 1 atom stereocenters. The molecule has 2 amide bonds. The van der Waals surface area contributed by atoms with Gasteiger partial charge in [0, 0.05) is 18.7 Å². The van der Waals surface area contributed by atoms with Crippen LogP contribution in [0.4, 0.5) is 5.69 Å². The molecule has 4 rings (SSSR count). The van der Waals surface area contributed by atoms with Gasteiger partial charge in [-0.1, -0.05) is 42.1 Å². The third kappa shape index (κ3) is 7.10. The van der Waals surface area contributed by atoms with Crippen LogP contribution in [0.5, 0.6) is 11.5 Å². The van der Waals surface area contributed by atoms with Crippen molar-refractivity contribution in [3.05, 3.63) is 52.0 Å². The smallest absolute Gasteiger partial charge is 0.244 e. The van der Waals surface area contributed by atoms with E-state index in [9.17, 15) is 18.0 Å². The summed E-state index contributed by atoms with van der Waals surface area (Å²) in [6.45, 7) is 3.42. The van der Waals surface area contributed by atoms with Crippen LogP contribution in [-0.2, 0) is 26.2 Å². The number of halogens is 2. The molecule has 1 N–H and O–H groups in total. The van der Waals surface area contributed by atoms with Crippen LogP contribution in [0.15, 0.2) is 36.4 Å². The Morgan fingerprint density at radius 3 is 2.38 bits per heavy atom. The van der Waals surface area contributed by atoms with Gasteiger partial charge in [-0.25, -0.2) is 8.42 Å². The molecular formula is C27H33Cl2N3O6S. The van der Waals surface area contributed by atoms with E-state index in [2.05, 4.69) is 5.32 Å². The van der Waals surface area contributed by atoms with E-state index >= 15 is 0 Å². The van der Waals surface area contributed by atoms with Crippen LogP contribution in [0.3, 0.4) is 0 Å². The van der Waals surface area contributed by atoms with E-state index in [1.54, 1.807) is 43.3 Å². The van der Waals surface area contributed by atoms with Gasteiger partial charge in [-0.05, 0) is 56.5 Å². The standard InChI is InChI=1S/C27H33Cl2N3O6S/c1-3-39(35,36)32(21-9-11-24-25(15-21)38-13-12-37-24)17-26(33)31(16-19-8-10-22(28)23(29)14-19)18(2)27(34)30-20-6-4-5-7-20/h8-11,14-15,18,20H,3-7,12-13,16-17H2,1-2H3,(H,30,34). The molecule has 39 heavy (non-hydrogen) atoms. The largest absolute Gasteiger partial charge is 0.486 e. The van der Waals surface area contributed by atoms with Crippen molar-refractivity contribution in [1.82, 2.24) is 10.2 Å². The second-order valence-corrected chi connectivity index (χ2v) is 12.7. The molecule has 212 valence electrons. The molecule has 1 aliphatic carbocycles. The Kier molecular flexibility index (Phi) is 9.51. The maximum absolute atomic E-state index is 13.8. The summed E-state index contributed by atoms with van der Waals surface area (Å²) in [6.07, 6.45) is 3.88. The first-order valence-electron chi connectivity index (χ1n) is 13.0. The summed E-state index contributed by atoms with van der Waals surface area (Å²) in [7, 11) is -3.87. The predicted molar refractivity (Wildman–Crippen MR) is 151 cm³/mol. The lowest BCUT2D eigenvalue weighted by Gasteiger charge is -2.32.